The predicted molar refractivity (Wildman–Crippen MR) is 81.4 cm³/mol. The number of benzene rings is 2. The van der Waals surface area contributed by atoms with Crippen molar-refractivity contribution in [3.05, 3.63) is 71.8 Å². The second-order valence-electron chi connectivity index (χ2n) is 5.00. The molecule has 4 heteroatoms. The van der Waals surface area contributed by atoms with Crippen molar-refractivity contribution in [3.63, 3.8) is 0 Å². The van der Waals surface area contributed by atoms with Gasteiger partial charge in [0.25, 0.3) is 0 Å². The van der Waals surface area contributed by atoms with Crippen molar-refractivity contribution in [2.45, 2.75) is 25.2 Å². The van der Waals surface area contributed by atoms with Crippen molar-refractivity contribution in [2.75, 3.05) is 6.61 Å². The summed E-state index contributed by atoms with van der Waals surface area (Å²) in [5.41, 5.74) is 4.40. The van der Waals surface area contributed by atoms with E-state index in [1.165, 1.54) is 0 Å². The molecule has 0 spiro atoms. The Bertz CT molecular complexity index is 518. The Hall–Kier alpha value is -1.72. The fourth-order valence-corrected chi connectivity index (χ4v) is 2.03. The molecule has 0 saturated carbocycles. The van der Waals surface area contributed by atoms with E-state index in [0.717, 1.165) is 11.1 Å². The Morgan fingerprint density at radius 1 is 0.905 bits per heavy atom. The highest BCUT2D eigenvalue weighted by atomic mass is 16.7. The van der Waals surface area contributed by atoms with Crippen molar-refractivity contribution in [2.24, 2.45) is 0 Å². The number of nitrogens with one attached hydrogen (secondary N) is 1. The molecule has 0 amide bonds. The average molecular weight is 287 g/mol. The Morgan fingerprint density at radius 2 is 1.43 bits per heavy atom. The molecule has 0 aliphatic rings. The van der Waals surface area contributed by atoms with E-state index >= 15 is 0 Å². The number of hydroxylamine groups is 1. The normalized spacial score (nSPS) is 15.4. The zero-order valence-corrected chi connectivity index (χ0v) is 12.0. The smallest absolute Gasteiger partial charge is 0.104 e. The number of aliphatic hydroxyl groups excluding tert-OH is 2. The molecule has 2 aromatic rings. The summed E-state index contributed by atoms with van der Waals surface area (Å²) in [4.78, 5) is 5.29. The fourth-order valence-electron chi connectivity index (χ4n) is 2.03. The number of hydrogen-bond acceptors (Lipinski definition) is 4. The molecule has 0 saturated heterocycles. The Balaban J connectivity index is 1.78. The predicted octanol–water partition coefficient (Wildman–Crippen LogP) is 2.36. The lowest BCUT2D eigenvalue weighted by Crippen LogP contribution is -2.33. The summed E-state index contributed by atoms with van der Waals surface area (Å²) < 4.78 is 0. The van der Waals surface area contributed by atoms with E-state index < -0.39 is 12.2 Å². The van der Waals surface area contributed by atoms with E-state index in [1.54, 1.807) is 0 Å². The molecule has 0 fully saturated rings. The van der Waals surface area contributed by atoms with Gasteiger partial charge in [-0.25, -0.2) is 0 Å². The zero-order chi connectivity index (χ0) is 15.1. The van der Waals surface area contributed by atoms with Crippen molar-refractivity contribution in [1.82, 2.24) is 5.48 Å². The van der Waals surface area contributed by atoms with Gasteiger partial charge in [-0.15, -0.1) is 0 Å². The lowest BCUT2D eigenvalue weighted by Gasteiger charge is -2.21. The summed E-state index contributed by atoms with van der Waals surface area (Å²) in [5, 5.41) is 20.1. The minimum absolute atomic E-state index is 0.121. The molecule has 4 nitrogen and oxygen atoms in total. The topological polar surface area (TPSA) is 61.7 Å². The van der Waals surface area contributed by atoms with Gasteiger partial charge in [-0.05, 0) is 18.1 Å². The highest BCUT2D eigenvalue weighted by Gasteiger charge is 2.16. The first-order valence-electron chi connectivity index (χ1n) is 7.02. The molecule has 0 aliphatic heterocycles. The monoisotopic (exact) mass is 287 g/mol. The van der Waals surface area contributed by atoms with E-state index in [0.29, 0.717) is 0 Å². The molecule has 0 bridgehead atoms. The maximum Gasteiger partial charge on any atom is 0.104 e. The van der Waals surface area contributed by atoms with E-state index in [4.69, 9.17) is 4.84 Å². The van der Waals surface area contributed by atoms with Crippen LogP contribution in [0.4, 0.5) is 0 Å². The van der Waals surface area contributed by atoms with Crippen LogP contribution >= 0.6 is 0 Å². The highest BCUT2D eigenvalue weighted by Crippen LogP contribution is 2.16. The van der Waals surface area contributed by atoms with Crippen LogP contribution in [0.15, 0.2) is 60.7 Å². The van der Waals surface area contributed by atoms with Crippen LogP contribution in [0.2, 0.25) is 0 Å². The minimum atomic E-state index is -0.695. The first-order valence-corrected chi connectivity index (χ1v) is 7.02. The molecule has 0 aliphatic carbocycles. The molecular weight excluding hydrogens is 266 g/mol. The maximum absolute atomic E-state index is 10.2. The second kappa shape index (κ2) is 7.90. The van der Waals surface area contributed by atoms with E-state index in [2.05, 4.69) is 5.48 Å². The van der Waals surface area contributed by atoms with Crippen LogP contribution in [0.1, 0.15) is 30.3 Å². The number of aliphatic hydroxyl groups is 2. The fraction of sp³-hybridized carbons (Fsp3) is 0.294. The van der Waals surface area contributed by atoms with Gasteiger partial charge in [-0.3, -0.25) is 4.84 Å². The summed E-state index contributed by atoms with van der Waals surface area (Å²) in [5.74, 6) is 0. The van der Waals surface area contributed by atoms with Gasteiger partial charge < -0.3 is 10.2 Å². The summed E-state index contributed by atoms with van der Waals surface area (Å²) >= 11 is 0. The standard InChI is InChI=1S/C17H21NO3/c1-13(17(20)15-10-6-3-7-11-15)18-21-12-16(19)14-8-4-2-5-9-14/h2-11,13,16-20H,12H2,1H3/t13-,16-,17+/m0/s1. The third kappa shape index (κ3) is 4.65. The SMILES string of the molecule is C[C@H](NOC[C@H](O)c1ccccc1)[C@@H](O)c1ccccc1. The molecule has 0 heterocycles. The molecule has 3 N–H and O–H groups in total. The van der Waals surface area contributed by atoms with Crippen molar-refractivity contribution >= 4 is 0 Å². The van der Waals surface area contributed by atoms with Crippen LogP contribution in [-0.4, -0.2) is 22.9 Å². The molecule has 21 heavy (non-hydrogen) atoms. The van der Waals surface area contributed by atoms with Gasteiger partial charge in [0.05, 0.1) is 18.8 Å². The van der Waals surface area contributed by atoms with Crippen LogP contribution in [0, 0.1) is 0 Å². The van der Waals surface area contributed by atoms with Crippen LogP contribution in [0.25, 0.3) is 0 Å². The van der Waals surface area contributed by atoms with Gasteiger partial charge in [0.15, 0.2) is 0 Å². The summed E-state index contributed by atoms with van der Waals surface area (Å²) in [6.07, 6.45) is -1.36. The van der Waals surface area contributed by atoms with Crippen molar-refractivity contribution in [3.8, 4) is 0 Å². The van der Waals surface area contributed by atoms with Gasteiger partial charge in [0.2, 0.25) is 0 Å². The van der Waals surface area contributed by atoms with Crippen molar-refractivity contribution < 1.29 is 15.1 Å². The minimum Gasteiger partial charge on any atom is -0.387 e. The molecule has 2 aromatic carbocycles. The van der Waals surface area contributed by atoms with Crippen LogP contribution in [0.3, 0.4) is 0 Å². The molecular formula is C17H21NO3. The Kier molecular flexibility index (Phi) is 5.90. The lowest BCUT2D eigenvalue weighted by atomic mass is 10.0. The molecule has 0 radical (unpaired) electrons. The third-order valence-electron chi connectivity index (χ3n) is 3.31. The first kappa shape index (κ1) is 15.7. The van der Waals surface area contributed by atoms with Gasteiger partial charge in [-0.2, -0.15) is 5.48 Å². The molecule has 2 rings (SSSR count). The number of rotatable bonds is 7. The summed E-state index contributed by atoms with van der Waals surface area (Å²) in [6.45, 7) is 1.95. The van der Waals surface area contributed by atoms with Crippen molar-refractivity contribution in [1.29, 1.82) is 0 Å². The summed E-state index contributed by atoms with van der Waals surface area (Å²) in [6, 6.07) is 18.4. The third-order valence-corrected chi connectivity index (χ3v) is 3.31. The molecule has 0 aromatic heterocycles. The Morgan fingerprint density at radius 3 is 2.00 bits per heavy atom. The average Bonchev–Trinajstić information content (AvgIpc) is 2.55. The molecule has 112 valence electrons. The number of hydrogen-bond donors (Lipinski definition) is 3. The van der Waals surface area contributed by atoms with Crippen LogP contribution in [0.5, 0.6) is 0 Å². The van der Waals surface area contributed by atoms with Crippen LogP contribution in [-0.2, 0) is 4.84 Å². The summed E-state index contributed by atoms with van der Waals surface area (Å²) in [7, 11) is 0. The van der Waals surface area contributed by atoms with Gasteiger partial charge in [0, 0.05) is 0 Å². The molecule has 3 atom stereocenters. The van der Waals surface area contributed by atoms with E-state index in [9.17, 15) is 10.2 Å². The Labute approximate surface area is 125 Å². The maximum atomic E-state index is 10.2. The van der Waals surface area contributed by atoms with Crippen LogP contribution < -0.4 is 5.48 Å². The van der Waals surface area contributed by atoms with Gasteiger partial charge in [-0.1, -0.05) is 60.7 Å². The van der Waals surface area contributed by atoms with E-state index in [-0.39, 0.29) is 12.6 Å². The van der Waals surface area contributed by atoms with Gasteiger partial charge in [0.1, 0.15) is 6.10 Å². The van der Waals surface area contributed by atoms with Gasteiger partial charge >= 0.3 is 0 Å². The zero-order valence-electron chi connectivity index (χ0n) is 12.0. The first-order chi connectivity index (χ1) is 10.2. The second-order valence-corrected chi connectivity index (χ2v) is 5.00. The quantitative estimate of drug-likeness (QED) is 0.684. The van der Waals surface area contributed by atoms with E-state index in [1.807, 2.05) is 67.6 Å². The lowest BCUT2D eigenvalue weighted by molar-refractivity contribution is -0.0550. The highest BCUT2D eigenvalue weighted by molar-refractivity contribution is 5.18. The largest absolute Gasteiger partial charge is 0.387 e. The molecule has 0 unspecified atom stereocenters.